The second kappa shape index (κ2) is 13.6. The first kappa shape index (κ1) is 27.2. The number of hydrogen-bond acceptors (Lipinski definition) is 6. The van der Waals surface area contributed by atoms with Crippen LogP contribution >= 0.6 is 0 Å². The van der Waals surface area contributed by atoms with Gasteiger partial charge in [-0.15, -0.1) is 0 Å². The van der Waals surface area contributed by atoms with Crippen molar-refractivity contribution in [3.8, 4) is 0 Å². The zero-order valence-electron chi connectivity index (χ0n) is 20.2. The second-order valence-electron chi connectivity index (χ2n) is 8.53. The van der Waals surface area contributed by atoms with Gasteiger partial charge in [0.25, 0.3) is 0 Å². The largest absolute Gasteiger partial charge is 0.480 e. The van der Waals surface area contributed by atoms with Gasteiger partial charge in [0.15, 0.2) is 0 Å². The molecule has 0 spiro atoms. The van der Waals surface area contributed by atoms with Crippen LogP contribution in [0.1, 0.15) is 24.0 Å². The molecule has 2 atom stereocenters. The number of alkyl carbamates (subject to hydrolysis) is 1. The summed E-state index contributed by atoms with van der Waals surface area (Å²) in [5, 5.41) is 16.7. The first-order valence-electron chi connectivity index (χ1n) is 11.9. The van der Waals surface area contributed by atoms with Crippen molar-refractivity contribution in [1.82, 2.24) is 20.9 Å². The van der Waals surface area contributed by atoms with Crippen molar-refractivity contribution in [2.75, 3.05) is 19.6 Å². The maximum absolute atomic E-state index is 12.9. The first-order chi connectivity index (χ1) is 17.8. The molecule has 0 aromatic heterocycles. The highest BCUT2D eigenvalue weighted by Gasteiger charge is 2.34. The van der Waals surface area contributed by atoms with Crippen LogP contribution in [0.3, 0.4) is 0 Å². The Bertz CT molecular complexity index is 1090. The van der Waals surface area contributed by atoms with Gasteiger partial charge in [0.05, 0.1) is 6.54 Å². The third-order valence-electron chi connectivity index (χ3n) is 5.81. The van der Waals surface area contributed by atoms with E-state index < -0.39 is 55.0 Å². The fraction of sp³-hybridized carbons (Fsp3) is 0.346. The normalized spacial score (nSPS) is 15.4. The number of ether oxygens (including phenoxy) is 1. The molecule has 2 unspecified atom stereocenters. The minimum absolute atomic E-state index is 0.0428. The van der Waals surface area contributed by atoms with Gasteiger partial charge >= 0.3 is 12.1 Å². The SMILES string of the molecule is O=C(CNC(=O)OCc1ccccc1)NC(Cc1ccccc1)C(=O)NCC(=O)N1CCCC1C(=O)O. The summed E-state index contributed by atoms with van der Waals surface area (Å²) in [6, 6.07) is 16.1. The summed E-state index contributed by atoms with van der Waals surface area (Å²) in [6.45, 7) is -0.462. The minimum atomic E-state index is -1.08. The number of nitrogens with one attached hydrogen (secondary N) is 3. The summed E-state index contributed by atoms with van der Waals surface area (Å²) in [5.74, 6) is -2.82. The van der Waals surface area contributed by atoms with Gasteiger partial charge in [0.2, 0.25) is 17.7 Å². The van der Waals surface area contributed by atoms with Crippen LogP contribution in [0.5, 0.6) is 0 Å². The number of benzene rings is 2. The molecule has 0 saturated carbocycles. The van der Waals surface area contributed by atoms with E-state index in [1.165, 1.54) is 4.90 Å². The molecule has 1 saturated heterocycles. The minimum Gasteiger partial charge on any atom is -0.480 e. The molecule has 0 radical (unpaired) electrons. The summed E-state index contributed by atoms with van der Waals surface area (Å²) in [5.41, 5.74) is 1.56. The van der Waals surface area contributed by atoms with E-state index in [1.54, 1.807) is 36.4 Å². The first-order valence-corrected chi connectivity index (χ1v) is 11.9. The van der Waals surface area contributed by atoms with Crippen LogP contribution in [0.2, 0.25) is 0 Å². The quantitative estimate of drug-likeness (QED) is 0.349. The molecule has 2 aromatic carbocycles. The van der Waals surface area contributed by atoms with Gasteiger partial charge in [0.1, 0.15) is 25.2 Å². The Labute approximate surface area is 214 Å². The van der Waals surface area contributed by atoms with Crippen molar-refractivity contribution in [1.29, 1.82) is 0 Å². The fourth-order valence-corrected chi connectivity index (χ4v) is 3.94. The van der Waals surface area contributed by atoms with E-state index in [1.807, 2.05) is 24.3 Å². The number of rotatable bonds is 11. The molecule has 0 bridgehead atoms. The highest BCUT2D eigenvalue weighted by atomic mass is 16.5. The lowest BCUT2D eigenvalue weighted by Gasteiger charge is -2.23. The van der Waals surface area contributed by atoms with Crippen molar-refractivity contribution in [3.63, 3.8) is 0 Å². The predicted molar refractivity (Wildman–Crippen MR) is 132 cm³/mol. The Morgan fingerprint density at radius 2 is 1.57 bits per heavy atom. The van der Waals surface area contributed by atoms with E-state index in [0.29, 0.717) is 19.4 Å². The topological polar surface area (TPSA) is 154 Å². The molecule has 196 valence electrons. The average Bonchev–Trinajstić information content (AvgIpc) is 3.41. The molecular formula is C26H30N4O7. The number of nitrogens with zero attached hydrogens (tertiary/aromatic N) is 1. The molecule has 1 fully saturated rings. The zero-order chi connectivity index (χ0) is 26.6. The predicted octanol–water partition coefficient (Wildman–Crippen LogP) is 0.832. The Morgan fingerprint density at radius 3 is 2.22 bits per heavy atom. The van der Waals surface area contributed by atoms with Crippen molar-refractivity contribution >= 4 is 29.8 Å². The van der Waals surface area contributed by atoms with Crippen LogP contribution < -0.4 is 16.0 Å². The lowest BCUT2D eigenvalue weighted by atomic mass is 10.1. The molecule has 0 aliphatic carbocycles. The highest BCUT2D eigenvalue weighted by Crippen LogP contribution is 2.17. The van der Waals surface area contributed by atoms with E-state index in [4.69, 9.17) is 4.74 Å². The van der Waals surface area contributed by atoms with Gasteiger partial charge in [-0.05, 0) is 24.0 Å². The standard InChI is InChI=1S/C26H30N4O7/c31-22(15-28-26(36)37-17-19-10-5-2-6-11-19)29-20(14-18-8-3-1-4-9-18)24(33)27-16-23(32)30-13-7-12-21(30)25(34)35/h1-6,8-11,20-21H,7,12-17H2,(H,27,33)(H,28,36)(H,29,31)(H,34,35). The molecule has 4 amide bonds. The van der Waals surface area contributed by atoms with Crippen LogP contribution in [-0.4, -0.2) is 71.5 Å². The molecule has 4 N–H and O–H groups in total. The maximum atomic E-state index is 12.9. The second-order valence-corrected chi connectivity index (χ2v) is 8.53. The molecule has 1 heterocycles. The third-order valence-corrected chi connectivity index (χ3v) is 5.81. The summed E-state index contributed by atoms with van der Waals surface area (Å²) < 4.78 is 5.07. The fourth-order valence-electron chi connectivity index (χ4n) is 3.94. The molecular weight excluding hydrogens is 480 g/mol. The Balaban J connectivity index is 1.52. The Hall–Kier alpha value is -4.41. The number of amides is 4. The van der Waals surface area contributed by atoms with Crippen molar-refractivity contribution in [3.05, 3.63) is 71.8 Å². The van der Waals surface area contributed by atoms with Crippen LogP contribution in [0.4, 0.5) is 4.79 Å². The van der Waals surface area contributed by atoms with Crippen molar-refractivity contribution in [2.45, 2.75) is 38.0 Å². The number of likely N-dealkylation sites (tertiary alicyclic amines) is 1. The van der Waals surface area contributed by atoms with E-state index in [0.717, 1.165) is 11.1 Å². The van der Waals surface area contributed by atoms with Gasteiger partial charge in [-0.1, -0.05) is 60.7 Å². The maximum Gasteiger partial charge on any atom is 0.407 e. The lowest BCUT2D eigenvalue weighted by molar-refractivity contribution is -0.148. The summed E-state index contributed by atoms with van der Waals surface area (Å²) in [6.07, 6.45) is 0.298. The number of carbonyl (C=O) groups is 5. The Kier molecular flexibility index (Phi) is 10.0. The number of aliphatic carboxylic acids is 1. The van der Waals surface area contributed by atoms with Crippen LogP contribution in [-0.2, 0) is 36.9 Å². The molecule has 1 aliphatic heterocycles. The van der Waals surface area contributed by atoms with Gasteiger partial charge in [-0.25, -0.2) is 9.59 Å². The van der Waals surface area contributed by atoms with E-state index >= 15 is 0 Å². The average molecular weight is 511 g/mol. The highest BCUT2D eigenvalue weighted by molar-refractivity contribution is 5.92. The molecule has 2 aromatic rings. The monoisotopic (exact) mass is 510 g/mol. The molecule has 1 aliphatic rings. The van der Waals surface area contributed by atoms with Gasteiger partial charge in [0, 0.05) is 13.0 Å². The van der Waals surface area contributed by atoms with Crippen LogP contribution in [0.15, 0.2) is 60.7 Å². The van der Waals surface area contributed by atoms with Crippen molar-refractivity contribution in [2.24, 2.45) is 0 Å². The van der Waals surface area contributed by atoms with Crippen LogP contribution in [0.25, 0.3) is 0 Å². The smallest absolute Gasteiger partial charge is 0.407 e. The number of carbonyl (C=O) groups excluding carboxylic acids is 4. The molecule has 11 nitrogen and oxygen atoms in total. The third kappa shape index (κ3) is 8.64. The number of hydrogen-bond donors (Lipinski definition) is 4. The van der Waals surface area contributed by atoms with E-state index in [-0.39, 0.29) is 13.0 Å². The molecule has 37 heavy (non-hydrogen) atoms. The summed E-state index contributed by atoms with van der Waals surface area (Å²) in [4.78, 5) is 62.4. The van der Waals surface area contributed by atoms with E-state index in [2.05, 4.69) is 16.0 Å². The lowest BCUT2D eigenvalue weighted by Crippen LogP contribution is -2.53. The zero-order valence-corrected chi connectivity index (χ0v) is 20.2. The van der Waals surface area contributed by atoms with E-state index in [9.17, 15) is 29.1 Å². The number of carboxylic acid groups (broad SMARTS) is 1. The summed E-state index contributed by atoms with van der Waals surface area (Å²) >= 11 is 0. The van der Waals surface area contributed by atoms with Crippen molar-refractivity contribution < 1.29 is 33.8 Å². The Morgan fingerprint density at radius 1 is 0.919 bits per heavy atom. The summed E-state index contributed by atoms with van der Waals surface area (Å²) in [7, 11) is 0. The number of carboxylic acids is 1. The van der Waals surface area contributed by atoms with Gasteiger partial charge < -0.3 is 30.7 Å². The van der Waals surface area contributed by atoms with Gasteiger partial charge in [-0.3, -0.25) is 14.4 Å². The van der Waals surface area contributed by atoms with Crippen LogP contribution in [0, 0.1) is 0 Å². The molecule has 11 heteroatoms. The van der Waals surface area contributed by atoms with Gasteiger partial charge in [-0.2, -0.15) is 0 Å². The molecule has 3 rings (SSSR count).